The molecule has 2 N–H and O–H groups in total. The van der Waals surface area contributed by atoms with Crippen LogP contribution in [0.3, 0.4) is 0 Å². The number of fused-ring (bicyclic) bond motifs is 1. The predicted molar refractivity (Wildman–Crippen MR) is 114 cm³/mol. The molecular formula is C24H32N2O. The Morgan fingerprint density at radius 3 is 2.30 bits per heavy atom. The van der Waals surface area contributed by atoms with Gasteiger partial charge >= 0.3 is 0 Å². The molecule has 27 heavy (non-hydrogen) atoms. The molecule has 0 atom stereocenters. The summed E-state index contributed by atoms with van der Waals surface area (Å²) in [5, 5.41) is 2.58. The van der Waals surface area contributed by atoms with Crippen LogP contribution in [0.1, 0.15) is 70.4 Å². The van der Waals surface area contributed by atoms with Gasteiger partial charge in [0.15, 0.2) is 0 Å². The fourth-order valence-corrected chi connectivity index (χ4v) is 3.76. The topological polar surface area (TPSA) is 41.1 Å². The molecule has 0 aromatic heterocycles. The monoisotopic (exact) mass is 364 g/mol. The summed E-state index contributed by atoms with van der Waals surface area (Å²) in [5.41, 5.74) is 8.75. The maximum absolute atomic E-state index is 12.0. The molecule has 1 saturated heterocycles. The number of unbranched alkanes of at least 4 members (excludes halogenated alkanes) is 5. The molecule has 0 spiro atoms. The number of hydrogen-bond donors (Lipinski definition) is 2. The lowest BCUT2D eigenvalue weighted by atomic mass is 9.88. The average Bonchev–Trinajstić information content (AvgIpc) is 2.92. The summed E-state index contributed by atoms with van der Waals surface area (Å²) in [6.07, 6.45) is 11.2. The van der Waals surface area contributed by atoms with Crippen molar-refractivity contribution in [2.45, 2.75) is 65.7 Å². The van der Waals surface area contributed by atoms with Gasteiger partial charge in [-0.2, -0.15) is 0 Å². The molecule has 0 aliphatic carbocycles. The first kappa shape index (κ1) is 19.5. The number of hydrazine groups is 1. The van der Waals surface area contributed by atoms with E-state index in [2.05, 4.69) is 60.2 Å². The maximum Gasteiger partial charge on any atom is 0.249 e. The molecule has 1 aliphatic heterocycles. The molecule has 144 valence electrons. The Balaban J connectivity index is 1.80. The standard InChI is InChI=1S/C24H32N2O/c1-4-5-6-7-8-9-12-18-15-16-19(21-14-11-10-13-20(18)21)17-22-24(2,3)23(27)26-25-22/h10-11,13-17,25H,4-9,12H2,1-3H3,(H,26,27)/b22-17-. The van der Waals surface area contributed by atoms with Gasteiger partial charge in [-0.25, -0.2) is 0 Å². The minimum atomic E-state index is -0.529. The molecule has 3 heteroatoms. The van der Waals surface area contributed by atoms with Crippen LogP contribution in [0.5, 0.6) is 0 Å². The van der Waals surface area contributed by atoms with E-state index >= 15 is 0 Å². The molecule has 0 radical (unpaired) electrons. The van der Waals surface area contributed by atoms with Crippen molar-refractivity contribution >= 4 is 22.8 Å². The molecular weight excluding hydrogens is 332 g/mol. The van der Waals surface area contributed by atoms with Crippen LogP contribution in [-0.4, -0.2) is 5.91 Å². The fourth-order valence-electron chi connectivity index (χ4n) is 3.76. The summed E-state index contributed by atoms with van der Waals surface area (Å²) >= 11 is 0. The molecule has 3 rings (SSSR count). The van der Waals surface area contributed by atoms with Crippen LogP contribution in [0.15, 0.2) is 42.1 Å². The van der Waals surface area contributed by atoms with Gasteiger partial charge in [0, 0.05) is 5.70 Å². The van der Waals surface area contributed by atoms with E-state index in [4.69, 9.17) is 0 Å². The Kier molecular flexibility index (Phi) is 6.20. The van der Waals surface area contributed by atoms with Gasteiger partial charge in [0.1, 0.15) is 0 Å². The molecule has 1 amide bonds. The molecule has 0 saturated carbocycles. The van der Waals surface area contributed by atoms with Crippen molar-refractivity contribution in [1.82, 2.24) is 10.9 Å². The molecule has 0 bridgehead atoms. The fraction of sp³-hybridized carbons (Fsp3) is 0.458. The quantitative estimate of drug-likeness (QED) is 0.586. The summed E-state index contributed by atoms with van der Waals surface area (Å²) in [4.78, 5) is 12.0. The lowest BCUT2D eigenvalue weighted by Crippen LogP contribution is -2.28. The van der Waals surface area contributed by atoms with Crippen molar-refractivity contribution in [3.63, 3.8) is 0 Å². The van der Waals surface area contributed by atoms with Crippen LogP contribution < -0.4 is 10.9 Å². The second kappa shape index (κ2) is 8.60. The van der Waals surface area contributed by atoms with Crippen LogP contribution in [-0.2, 0) is 11.2 Å². The van der Waals surface area contributed by atoms with Gasteiger partial charge in [-0.05, 0) is 54.7 Å². The second-order valence-electron chi connectivity index (χ2n) is 8.14. The van der Waals surface area contributed by atoms with E-state index in [-0.39, 0.29) is 5.91 Å². The van der Waals surface area contributed by atoms with E-state index in [1.165, 1.54) is 54.9 Å². The van der Waals surface area contributed by atoms with Crippen LogP contribution in [0.25, 0.3) is 16.8 Å². The Morgan fingerprint density at radius 1 is 0.889 bits per heavy atom. The summed E-state index contributed by atoms with van der Waals surface area (Å²) < 4.78 is 0. The minimum absolute atomic E-state index is 0.0118. The van der Waals surface area contributed by atoms with Crippen molar-refractivity contribution in [2.75, 3.05) is 0 Å². The Bertz CT molecular complexity index is 835. The van der Waals surface area contributed by atoms with Crippen LogP contribution in [0, 0.1) is 5.41 Å². The molecule has 1 fully saturated rings. The molecule has 2 aromatic carbocycles. The predicted octanol–water partition coefficient (Wildman–Crippen LogP) is 5.74. The number of hydrogen-bond acceptors (Lipinski definition) is 2. The first-order valence-electron chi connectivity index (χ1n) is 10.3. The highest BCUT2D eigenvalue weighted by Gasteiger charge is 2.37. The zero-order valence-corrected chi connectivity index (χ0v) is 16.9. The number of nitrogens with one attached hydrogen (secondary N) is 2. The Labute approximate surface area is 163 Å². The summed E-state index contributed by atoms with van der Waals surface area (Å²) in [5.74, 6) is 0.0118. The van der Waals surface area contributed by atoms with E-state index in [1.54, 1.807) is 0 Å². The second-order valence-corrected chi connectivity index (χ2v) is 8.14. The van der Waals surface area contributed by atoms with Gasteiger partial charge in [-0.3, -0.25) is 10.2 Å². The lowest BCUT2D eigenvalue weighted by Gasteiger charge is -2.15. The highest BCUT2D eigenvalue weighted by molar-refractivity contribution is 5.95. The van der Waals surface area contributed by atoms with E-state index < -0.39 is 5.41 Å². The van der Waals surface area contributed by atoms with Gasteiger partial charge in [0.25, 0.3) is 0 Å². The van der Waals surface area contributed by atoms with E-state index in [9.17, 15) is 4.79 Å². The summed E-state index contributed by atoms with van der Waals surface area (Å²) in [7, 11) is 0. The number of rotatable bonds is 8. The Hall–Kier alpha value is -2.29. The zero-order chi connectivity index (χ0) is 19.3. The third-order valence-electron chi connectivity index (χ3n) is 5.70. The summed E-state index contributed by atoms with van der Waals surface area (Å²) in [6, 6.07) is 13.1. The van der Waals surface area contributed by atoms with Crippen LogP contribution in [0.2, 0.25) is 0 Å². The first-order chi connectivity index (χ1) is 13.0. The van der Waals surface area contributed by atoms with Crippen molar-refractivity contribution in [2.24, 2.45) is 5.41 Å². The largest absolute Gasteiger partial charge is 0.302 e. The van der Waals surface area contributed by atoms with Gasteiger partial charge in [-0.1, -0.05) is 75.4 Å². The van der Waals surface area contributed by atoms with E-state index in [0.29, 0.717) is 0 Å². The van der Waals surface area contributed by atoms with Crippen molar-refractivity contribution in [3.05, 3.63) is 53.2 Å². The molecule has 3 nitrogen and oxygen atoms in total. The lowest BCUT2D eigenvalue weighted by molar-refractivity contribution is -0.125. The third kappa shape index (κ3) is 4.35. The van der Waals surface area contributed by atoms with Gasteiger partial charge in [0.2, 0.25) is 5.91 Å². The average molecular weight is 365 g/mol. The highest BCUT2D eigenvalue weighted by Crippen LogP contribution is 2.32. The molecule has 0 unspecified atom stereocenters. The molecule has 2 aromatic rings. The smallest absolute Gasteiger partial charge is 0.249 e. The Morgan fingerprint density at radius 2 is 1.59 bits per heavy atom. The first-order valence-corrected chi connectivity index (χ1v) is 10.3. The normalized spacial score (nSPS) is 17.3. The maximum atomic E-state index is 12.0. The van der Waals surface area contributed by atoms with Gasteiger partial charge < -0.3 is 5.43 Å². The van der Waals surface area contributed by atoms with Crippen LogP contribution >= 0.6 is 0 Å². The van der Waals surface area contributed by atoms with Crippen molar-refractivity contribution < 1.29 is 4.79 Å². The van der Waals surface area contributed by atoms with Gasteiger partial charge in [0.05, 0.1) is 5.41 Å². The van der Waals surface area contributed by atoms with Crippen molar-refractivity contribution in [3.8, 4) is 0 Å². The number of amides is 1. The number of carbonyl (C=O) groups is 1. The van der Waals surface area contributed by atoms with E-state index in [1.807, 2.05) is 13.8 Å². The zero-order valence-electron chi connectivity index (χ0n) is 16.9. The molecule has 1 heterocycles. The summed E-state index contributed by atoms with van der Waals surface area (Å²) in [6.45, 7) is 6.16. The number of benzene rings is 2. The van der Waals surface area contributed by atoms with Crippen LogP contribution in [0.4, 0.5) is 0 Å². The number of carbonyl (C=O) groups excluding carboxylic acids is 1. The number of aryl methyl sites for hydroxylation is 1. The van der Waals surface area contributed by atoms with Crippen molar-refractivity contribution in [1.29, 1.82) is 0 Å². The molecule has 1 aliphatic rings. The van der Waals surface area contributed by atoms with Gasteiger partial charge in [-0.15, -0.1) is 0 Å². The van der Waals surface area contributed by atoms with E-state index in [0.717, 1.165) is 17.7 Å². The SMILES string of the molecule is CCCCCCCCc1ccc(/C=C2\NNC(=O)C2(C)C)c2ccccc12. The highest BCUT2D eigenvalue weighted by atomic mass is 16.2. The minimum Gasteiger partial charge on any atom is -0.302 e. The third-order valence-corrected chi connectivity index (χ3v) is 5.70.